The van der Waals surface area contributed by atoms with E-state index in [-0.39, 0.29) is 12.2 Å². The summed E-state index contributed by atoms with van der Waals surface area (Å²) < 4.78 is 5.36. The van der Waals surface area contributed by atoms with Gasteiger partial charge < -0.3 is 4.74 Å². The van der Waals surface area contributed by atoms with Crippen LogP contribution in [0.5, 0.6) is 0 Å². The fourth-order valence-electron chi connectivity index (χ4n) is 2.85. The Hall–Kier alpha value is -2.94. The van der Waals surface area contributed by atoms with Crippen LogP contribution in [-0.4, -0.2) is 17.9 Å². The molecule has 0 bridgehead atoms. The van der Waals surface area contributed by atoms with Crippen molar-refractivity contribution in [2.45, 2.75) is 26.4 Å². The zero-order chi connectivity index (χ0) is 17.8. The molecule has 0 N–H and O–H groups in total. The lowest BCUT2D eigenvalue weighted by atomic mass is 10.0. The van der Waals surface area contributed by atoms with Gasteiger partial charge in [-0.1, -0.05) is 72.3 Å². The summed E-state index contributed by atoms with van der Waals surface area (Å²) in [5.74, 6) is -0.587. The number of benzene rings is 3. The third kappa shape index (κ3) is 3.94. The molecule has 0 amide bonds. The molecule has 0 unspecified atom stereocenters. The second-order valence-corrected chi connectivity index (χ2v) is 6.18. The van der Waals surface area contributed by atoms with Gasteiger partial charge >= 0.3 is 5.97 Å². The van der Waals surface area contributed by atoms with Gasteiger partial charge in [0.25, 0.3) is 0 Å². The molecule has 0 aliphatic carbocycles. The van der Waals surface area contributed by atoms with Crippen molar-refractivity contribution in [3.8, 4) is 0 Å². The van der Waals surface area contributed by atoms with E-state index in [1.165, 1.54) is 0 Å². The van der Waals surface area contributed by atoms with Gasteiger partial charge in [-0.2, -0.15) is 0 Å². The third-order valence-electron chi connectivity index (χ3n) is 4.23. The quantitative estimate of drug-likeness (QED) is 0.510. The van der Waals surface area contributed by atoms with E-state index in [2.05, 4.69) is 0 Å². The summed E-state index contributed by atoms with van der Waals surface area (Å²) in [5.41, 5.74) is 2.53. The molecule has 3 rings (SSSR count). The minimum absolute atomic E-state index is 0.146. The molecule has 0 spiro atoms. The second kappa shape index (κ2) is 7.31. The molecule has 3 heteroatoms. The number of ether oxygens (including phenoxy) is 1. The summed E-state index contributed by atoms with van der Waals surface area (Å²) >= 11 is 0. The number of hydrogen-bond donors (Lipinski definition) is 0. The van der Waals surface area contributed by atoms with Crippen molar-refractivity contribution in [1.82, 2.24) is 0 Å². The van der Waals surface area contributed by atoms with Crippen molar-refractivity contribution in [1.29, 1.82) is 0 Å². The molecule has 0 saturated carbocycles. The SMILES string of the molecule is Cc1ccc(C(=O)[C@@H](C)OC(=O)Cc2cccc3ccccc23)cc1. The highest BCUT2D eigenvalue weighted by Gasteiger charge is 2.20. The van der Waals surface area contributed by atoms with Gasteiger partial charge in [-0.05, 0) is 30.2 Å². The van der Waals surface area contributed by atoms with Gasteiger partial charge in [0.1, 0.15) is 0 Å². The molecule has 3 aromatic rings. The maximum atomic E-state index is 12.4. The van der Waals surface area contributed by atoms with E-state index in [1.54, 1.807) is 19.1 Å². The van der Waals surface area contributed by atoms with Crippen LogP contribution in [0.4, 0.5) is 0 Å². The Bertz CT molecular complexity index is 905. The van der Waals surface area contributed by atoms with Crippen molar-refractivity contribution in [3.63, 3.8) is 0 Å². The van der Waals surface area contributed by atoms with Gasteiger partial charge in [0.15, 0.2) is 6.10 Å². The highest BCUT2D eigenvalue weighted by atomic mass is 16.5. The number of esters is 1. The lowest BCUT2D eigenvalue weighted by molar-refractivity contribution is -0.145. The fourth-order valence-corrected chi connectivity index (χ4v) is 2.85. The molecule has 3 aromatic carbocycles. The van der Waals surface area contributed by atoms with Crippen molar-refractivity contribution in [3.05, 3.63) is 83.4 Å². The number of ketones is 1. The maximum Gasteiger partial charge on any atom is 0.310 e. The van der Waals surface area contributed by atoms with Crippen LogP contribution >= 0.6 is 0 Å². The van der Waals surface area contributed by atoms with Gasteiger partial charge in [0, 0.05) is 5.56 Å². The van der Waals surface area contributed by atoms with Crippen molar-refractivity contribution in [2.75, 3.05) is 0 Å². The molecular formula is C22H20O3. The van der Waals surface area contributed by atoms with Crippen molar-refractivity contribution >= 4 is 22.5 Å². The predicted molar refractivity (Wildman–Crippen MR) is 98.7 cm³/mol. The number of fused-ring (bicyclic) bond motifs is 1. The Morgan fingerprint density at radius 1 is 0.920 bits per heavy atom. The standard InChI is InChI=1S/C22H20O3/c1-15-10-12-18(13-11-15)22(24)16(2)25-21(23)14-19-8-5-7-17-6-3-4-9-20(17)19/h3-13,16H,14H2,1-2H3/t16-/m1/s1. The molecule has 0 saturated heterocycles. The van der Waals surface area contributed by atoms with Gasteiger partial charge in [0.05, 0.1) is 6.42 Å². The number of hydrogen-bond acceptors (Lipinski definition) is 3. The average Bonchev–Trinajstić information content (AvgIpc) is 2.62. The highest BCUT2D eigenvalue weighted by molar-refractivity contribution is 6.00. The zero-order valence-electron chi connectivity index (χ0n) is 14.4. The van der Waals surface area contributed by atoms with Gasteiger partial charge in [-0.3, -0.25) is 9.59 Å². The predicted octanol–water partition coefficient (Wildman–Crippen LogP) is 4.51. The van der Waals surface area contributed by atoms with E-state index in [1.807, 2.05) is 61.5 Å². The lowest BCUT2D eigenvalue weighted by Crippen LogP contribution is -2.25. The number of Topliss-reactive ketones (excluding diaryl/α,β-unsaturated/α-hetero) is 1. The Balaban J connectivity index is 1.69. The summed E-state index contributed by atoms with van der Waals surface area (Å²) in [5, 5.41) is 2.11. The summed E-state index contributed by atoms with van der Waals surface area (Å²) in [6.45, 7) is 3.57. The van der Waals surface area contributed by atoms with Crippen LogP contribution in [0, 0.1) is 6.92 Å². The molecule has 0 aliphatic heterocycles. The van der Waals surface area contributed by atoms with E-state index in [9.17, 15) is 9.59 Å². The van der Waals surface area contributed by atoms with E-state index in [0.29, 0.717) is 5.56 Å². The van der Waals surface area contributed by atoms with Gasteiger partial charge in [0.2, 0.25) is 5.78 Å². The van der Waals surface area contributed by atoms with Crippen LogP contribution in [0.3, 0.4) is 0 Å². The Labute approximate surface area is 147 Å². The summed E-state index contributed by atoms with van der Waals surface area (Å²) in [4.78, 5) is 24.7. The maximum absolute atomic E-state index is 12.4. The van der Waals surface area contributed by atoms with Gasteiger partial charge in [-0.25, -0.2) is 0 Å². The first-order valence-corrected chi connectivity index (χ1v) is 8.31. The summed E-state index contributed by atoms with van der Waals surface area (Å²) in [6.07, 6.45) is -0.655. The molecule has 0 radical (unpaired) electrons. The zero-order valence-corrected chi connectivity index (χ0v) is 14.4. The minimum Gasteiger partial charge on any atom is -0.454 e. The number of carbonyl (C=O) groups is 2. The molecule has 0 heterocycles. The fraction of sp³-hybridized carbons (Fsp3) is 0.182. The second-order valence-electron chi connectivity index (χ2n) is 6.18. The van der Waals surface area contributed by atoms with Crippen LogP contribution in [0.25, 0.3) is 10.8 Å². The third-order valence-corrected chi connectivity index (χ3v) is 4.23. The van der Waals surface area contributed by atoms with Crippen molar-refractivity contribution in [2.24, 2.45) is 0 Å². The van der Waals surface area contributed by atoms with Gasteiger partial charge in [-0.15, -0.1) is 0 Å². The number of aryl methyl sites for hydroxylation is 1. The highest BCUT2D eigenvalue weighted by Crippen LogP contribution is 2.19. The van der Waals surface area contributed by atoms with Crippen LogP contribution in [0.2, 0.25) is 0 Å². The Kier molecular flexibility index (Phi) is 4.94. The molecular weight excluding hydrogens is 312 g/mol. The lowest BCUT2D eigenvalue weighted by Gasteiger charge is -2.13. The monoisotopic (exact) mass is 332 g/mol. The molecule has 1 atom stereocenters. The molecule has 126 valence electrons. The topological polar surface area (TPSA) is 43.4 Å². The first-order chi connectivity index (χ1) is 12.0. The van der Waals surface area contributed by atoms with Crippen LogP contribution in [-0.2, 0) is 16.0 Å². The van der Waals surface area contributed by atoms with Crippen LogP contribution < -0.4 is 0 Å². The average molecular weight is 332 g/mol. The van der Waals surface area contributed by atoms with Crippen molar-refractivity contribution < 1.29 is 14.3 Å². The number of carbonyl (C=O) groups excluding carboxylic acids is 2. The largest absolute Gasteiger partial charge is 0.454 e. The summed E-state index contributed by atoms with van der Waals surface area (Å²) in [6, 6.07) is 21.0. The smallest absolute Gasteiger partial charge is 0.310 e. The summed E-state index contributed by atoms with van der Waals surface area (Å²) in [7, 11) is 0. The Morgan fingerprint density at radius 3 is 2.36 bits per heavy atom. The van der Waals surface area contributed by atoms with E-state index in [4.69, 9.17) is 4.74 Å². The molecule has 0 aromatic heterocycles. The first-order valence-electron chi connectivity index (χ1n) is 8.31. The number of rotatable bonds is 5. The van der Waals surface area contributed by atoms with Crippen LogP contribution in [0.1, 0.15) is 28.4 Å². The van der Waals surface area contributed by atoms with Crippen LogP contribution in [0.15, 0.2) is 66.7 Å². The minimum atomic E-state index is -0.801. The molecule has 3 nitrogen and oxygen atoms in total. The Morgan fingerprint density at radius 2 is 1.60 bits per heavy atom. The molecule has 0 aliphatic rings. The molecule has 0 fully saturated rings. The van der Waals surface area contributed by atoms with E-state index >= 15 is 0 Å². The first kappa shape index (κ1) is 16.9. The van der Waals surface area contributed by atoms with E-state index in [0.717, 1.165) is 21.9 Å². The van der Waals surface area contributed by atoms with E-state index < -0.39 is 12.1 Å². The molecule has 25 heavy (non-hydrogen) atoms. The normalized spacial score (nSPS) is 11.9.